The summed E-state index contributed by atoms with van der Waals surface area (Å²) < 4.78 is 15.8. The van der Waals surface area contributed by atoms with Gasteiger partial charge in [0.2, 0.25) is 0 Å². The van der Waals surface area contributed by atoms with Crippen molar-refractivity contribution in [1.82, 2.24) is 5.32 Å². The Morgan fingerprint density at radius 3 is 2.76 bits per heavy atom. The van der Waals surface area contributed by atoms with Crippen LogP contribution in [0.4, 0.5) is 0 Å². The minimum Gasteiger partial charge on any atom is -0.497 e. The second kappa shape index (κ2) is 10.0. The molecule has 0 bridgehead atoms. The molecule has 0 aromatic heterocycles. The molecule has 21 heavy (non-hydrogen) atoms. The van der Waals surface area contributed by atoms with Gasteiger partial charge in [0.15, 0.2) is 6.61 Å². The maximum Gasteiger partial charge on any atom is 0.344 e. The Labute approximate surface area is 126 Å². The third kappa shape index (κ3) is 6.49. The zero-order valence-electron chi connectivity index (χ0n) is 13.1. The number of hydrogen-bond donors (Lipinski definition) is 1. The van der Waals surface area contributed by atoms with E-state index in [2.05, 4.69) is 12.2 Å². The summed E-state index contributed by atoms with van der Waals surface area (Å²) in [6.45, 7) is 5.98. The van der Waals surface area contributed by atoms with Crippen molar-refractivity contribution in [2.75, 3.05) is 26.9 Å². The maximum absolute atomic E-state index is 11.6. The molecule has 1 aromatic carbocycles. The molecule has 0 saturated heterocycles. The van der Waals surface area contributed by atoms with E-state index in [0.29, 0.717) is 18.9 Å². The van der Waals surface area contributed by atoms with Crippen LogP contribution in [0.3, 0.4) is 0 Å². The fourth-order valence-electron chi connectivity index (χ4n) is 1.73. The molecule has 0 aliphatic heterocycles. The van der Waals surface area contributed by atoms with E-state index < -0.39 is 0 Å². The highest BCUT2D eigenvalue weighted by Crippen LogP contribution is 2.24. The van der Waals surface area contributed by atoms with Gasteiger partial charge in [0.25, 0.3) is 0 Å². The van der Waals surface area contributed by atoms with E-state index in [4.69, 9.17) is 14.2 Å². The molecule has 1 rings (SSSR count). The van der Waals surface area contributed by atoms with Crippen molar-refractivity contribution in [3.05, 3.63) is 23.8 Å². The van der Waals surface area contributed by atoms with Crippen LogP contribution < -0.4 is 14.8 Å². The molecule has 0 fully saturated rings. The number of carbonyl (C=O) groups excluding carboxylic acids is 1. The number of rotatable bonds is 10. The number of esters is 1. The lowest BCUT2D eigenvalue weighted by Gasteiger charge is -2.13. The predicted octanol–water partition coefficient (Wildman–Crippen LogP) is 2.53. The summed E-state index contributed by atoms with van der Waals surface area (Å²) in [6, 6.07) is 5.53. The van der Waals surface area contributed by atoms with E-state index in [1.165, 1.54) is 0 Å². The lowest BCUT2D eigenvalue weighted by Crippen LogP contribution is -2.17. The van der Waals surface area contributed by atoms with Gasteiger partial charge in [-0.15, -0.1) is 0 Å². The number of ether oxygens (including phenoxy) is 3. The number of nitrogens with one attached hydrogen (secondary N) is 1. The van der Waals surface area contributed by atoms with Gasteiger partial charge >= 0.3 is 5.97 Å². The van der Waals surface area contributed by atoms with Crippen LogP contribution in [0.2, 0.25) is 0 Å². The Balaban J connectivity index is 2.57. The van der Waals surface area contributed by atoms with Gasteiger partial charge in [-0.05, 0) is 31.2 Å². The van der Waals surface area contributed by atoms with E-state index in [1.54, 1.807) is 7.11 Å². The molecule has 0 atom stereocenters. The molecule has 0 aliphatic carbocycles. The van der Waals surface area contributed by atoms with Gasteiger partial charge in [-0.25, -0.2) is 4.79 Å². The molecule has 0 radical (unpaired) electrons. The van der Waals surface area contributed by atoms with Crippen molar-refractivity contribution >= 4 is 5.97 Å². The Morgan fingerprint density at radius 2 is 2.10 bits per heavy atom. The van der Waals surface area contributed by atoms with Crippen molar-refractivity contribution in [2.24, 2.45) is 0 Å². The molecule has 0 amide bonds. The van der Waals surface area contributed by atoms with Crippen LogP contribution >= 0.6 is 0 Å². The first kappa shape index (κ1) is 17.3. The molecule has 1 N–H and O–H groups in total. The minimum atomic E-state index is -0.339. The third-order valence-electron chi connectivity index (χ3n) is 2.94. The van der Waals surface area contributed by atoms with Gasteiger partial charge in [-0.3, -0.25) is 0 Å². The van der Waals surface area contributed by atoms with Gasteiger partial charge in [0, 0.05) is 12.1 Å². The highest BCUT2D eigenvalue weighted by molar-refractivity contribution is 5.71. The van der Waals surface area contributed by atoms with Crippen LogP contribution in [0.25, 0.3) is 0 Å². The van der Waals surface area contributed by atoms with Gasteiger partial charge in [-0.1, -0.05) is 20.3 Å². The fourth-order valence-corrected chi connectivity index (χ4v) is 1.73. The average molecular weight is 295 g/mol. The van der Waals surface area contributed by atoms with Gasteiger partial charge in [0.1, 0.15) is 11.5 Å². The molecular weight excluding hydrogens is 270 g/mol. The summed E-state index contributed by atoms with van der Waals surface area (Å²) in [5.41, 5.74) is 0.956. The molecule has 0 heterocycles. The Morgan fingerprint density at radius 1 is 1.29 bits per heavy atom. The summed E-state index contributed by atoms with van der Waals surface area (Å²) in [6.07, 6.45) is 1.87. The highest BCUT2D eigenvalue weighted by Gasteiger charge is 2.09. The highest BCUT2D eigenvalue weighted by atomic mass is 16.6. The Bertz CT molecular complexity index is 434. The van der Waals surface area contributed by atoms with Crippen molar-refractivity contribution in [1.29, 1.82) is 0 Å². The molecule has 0 unspecified atom stereocenters. The van der Waals surface area contributed by atoms with Gasteiger partial charge in [0.05, 0.1) is 13.7 Å². The van der Waals surface area contributed by atoms with Crippen molar-refractivity contribution in [3.63, 3.8) is 0 Å². The van der Waals surface area contributed by atoms with Crippen molar-refractivity contribution in [2.45, 2.75) is 33.2 Å². The molecule has 0 spiro atoms. The normalized spacial score (nSPS) is 10.2. The summed E-state index contributed by atoms with van der Waals surface area (Å²) in [5.74, 6) is 1.10. The first-order chi connectivity index (χ1) is 10.2. The molecule has 0 saturated carbocycles. The number of methoxy groups -OCH3 is 1. The van der Waals surface area contributed by atoms with Crippen LogP contribution in [-0.4, -0.2) is 32.8 Å². The third-order valence-corrected chi connectivity index (χ3v) is 2.94. The summed E-state index contributed by atoms with van der Waals surface area (Å²) in [5, 5.41) is 3.23. The Kier molecular flexibility index (Phi) is 8.28. The number of unbranched alkanes of at least 4 members (excludes halogenated alkanes) is 1. The molecule has 5 nitrogen and oxygen atoms in total. The summed E-state index contributed by atoms with van der Waals surface area (Å²) >= 11 is 0. The first-order valence-electron chi connectivity index (χ1n) is 7.37. The fraction of sp³-hybridized carbons (Fsp3) is 0.562. The van der Waals surface area contributed by atoms with Crippen LogP contribution in [0.5, 0.6) is 11.5 Å². The second-order valence-corrected chi connectivity index (χ2v) is 4.62. The zero-order valence-corrected chi connectivity index (χ0v) is 13.1. The zero-order chi connectivity index (χ0) is 15.5. The smallest absolute Gasteiger partial charge is 0.344 e. The predicted molar refractivity (Wildman–Crippen MR) is 81.7 cm³/mol. The molecular formula is C16H25NO4. The van der Waals surface area contributed by atoms with E-state index in [1.807, 2.05) is 25.1 Å². The molecule has 5 heteroatoms. The van der Waals surface area contributed by atoms with E-state index in [-0.39, 0.29) is 12.6 Å². The van der Waals surface area contributed by atoms with E-state index >= 15 is 0 Å². The largest absolute Gasteiger partial charge is 0.497 e. The number of hydrogen-bond acceptors (Lipinski definition) is 5. The number of carbonyl (C=O) groups is 1. The van der Waals surface area contributed by atoms with Crippen molar-refractivity contribution in [3.8, 4) is 11.5 Å². The van der Waals surface area contributed by atoms with Crippen LogP contribution in [0, 0.1) is 0 Å². The SMILES string of the molecule is CCCCOC(=O)COc1ccc(OC)cc1CNCC. The van der Waals surface area contributed by atoms with E-state index in [9.17, 15) is 4.79 Å². The van der Waals surface area contributed by atoms with Crippen LogP contribution in [0.15, 0.2) is 18.2 Å². The molecule has 0 aliphatic rings. The quantitative estimate of drug-likeness (QED) is 0.531. The minimum absolute atomic E-state index is 0.0742. The molecule has 1 aromatic rings. The standard InChI is InChI=1S/C16H25NO4/c1-4-6-9-20-16(18)12-21-15-8-7-14(19-3)10-13(15)11-17-5-2/h7-8,10,17H,4-6,9,11-12H2,1-3H3. The van der Waals surface area contributed by atoms with Gasteiger partial charge in [-0.2, -0.15) is 0 Å². The monoisotopic (exact) mass is 295 g/mol. The topological polar surface area (TPSA) is 56.8 Å². The maximum atomic E-state index is 11.6. The lowest BCUT2D eigenvalue weighted by molar-refractivity contribution is -0.146. The first-order valence-corrected chi connectivity index (χ1v) is 7.37. The van der Waals surface area contributed by atoms with E-state index in [0.717, 1.165) is 30.7 Å². The second-order valence-electron chi connectivity index (χ2n) is 4.62. The number of benzene rings is 1. The lowest BCUT2D eigenvalue weighted by atomic mass is 10.2. The average Bonchev–Trinajstić information content (AvgIpc) is 2.51. The Hall–Kier alpha value is -1.75. The summed E-state index contributed by atoms with van der Waals surface area (Å²) in [7, 11) is 1.62. The molecule has 118 valence electrons. The van der Waals surface area contributed by atoms with Gasteiger partial charge < -0.3 is 19.5 Å². The summed E-state index contributed by atoms with van der Waals surface area (Å²) in [4.78, 5) is 11.6. The van der Waals surface area contributed by atoms with Crippen molar-refractivity contribution < 1.29 is 19.0 Å². The van der Waals surface area contributed by atoms with Crippen LogP contribution in [0.1, 0.15) is 32.3 Å². The van der Waals surface area contributed by atoms with Crippen LogP contribution in [-0.2, 0) is 16.1 Å².